The highest BCUT2D eigenvalue weighted by Crippen LogP contribution is 2.29. The first-order valence-corrected chi connectivity index (χ1v) is 5.76. The molecule has 0 bridgehead atoms. The molecular formula is C13H14N4. The smallest absolute Gasteiger partial charge is 0.137 e. The van der Waals surface area contributed by atoms with Gasteiger partial charge in [0.2, 0.25) is 0 Å². The van der Waals surface area contributed by atoms with Crippen molar-refractivity contribution in [3.8, 4) is 11.1 Å². The lowest BCUT2D eigenvalue weighted by Crippen LogP contribution is -1.98. The van der Waals surface area contributed by atoms with Crippen molar-refractivity contribution in [2.75, 3.05) is 0 Å². The largest absolute Gasteiger partial charge is 0.346 e. The molecule has 0 aliphatic heterocycles. The van der Waals surface area contributed by atoms with Gasteiger partial charge in [-0.1, -0.05) is 0 Å². The van der Waals surface area contributed by atoms with Crippen LogP contribution in [0.2, 0.25) is 0 Å². The quantitative estimate of drug-likeness (QED) is 0.730. The lowest BCUT2D eigenvalue weighted by atomic mass is 10.1. The first kappa shape index (κ1) is 10.1. The van der Waals surface area contributed by atoms with E-state index in [2.05, 4.69) is 35.0 Å². The second-order valence-electron chi connectivity index (χ2n) is 4.06. The Balaban J connectivity index is 2.26. The highest BCUT2D eigenvalue weighted by Gasteiger charge is 2.11. The average molecular weight is 226 g/mol. The number of nitrogens with zero attached hydrogens (tertiary/aromatic N) is 3. The molecular weight excluding hydrogens is 212 g/mol. The van der Waals surface area contributed by atoms with Crippen molar-refractivity contribution in [1.29, 1.82) is 0 Å². The SMILES string of the molecule is CCn1ncc(-c2ccnc3[nH]ccc23)c1C. The Kier molecular flexibility index (Phi) is 2.21. The van der Waals surface area contributed by atoms with Crippen LogP contribution in [0.3, 0.4) is 0 Å². The molecule has 0 saturated carbocycles. The van der Waals surface area contributed by atoms with Crippen molar-refractivity contribution < 1.29 is 0 Å². The number of hydrogen-bond acceptors (Lipinski definition) is 2. The zero-order valence-corrected chi connectivity index (χ0v) is 9.94. The maximum Gasteiger partial charge on any atom is 0.137 e. The fourth-order valence-corrected chi connectivity index (χ4v) is 2.23. The van der Waals surface area contributed by atoms with Gasteiger partial charge in [-0.15, -0.1) is 0 Å². The third kappa shape index (κ3) is 1.45. The summed E-state index contributed by atoms with van der Waals surface area (Å²) in [7, 11) is 0. The number of H-pyrrole nitrogens is 1. The van der Waals surface area contributed by atoms with Crippen LogP contribution in [-0.4, -0.2) is 19.7 Å². The van der Waals surface area contributed by atoms with Crippen molar-refractivity contribution >= 4 is 11.0 Å². The van der Waals surface area contributed by atoms with Crippen LogP contribution < -0.4 is 0 Å². The summed E-state index contributed by atoms with van der Waals surface area (Å²) < 4.78 is 2.01. The van der Waals surface area contributed by atoms with Gasteiger partial charge in [0.1, 0.15) is 5.65 Å². The topological polar surface area (TPSA) is 46.5 Å². The number of nitrogens with one attached hydrogen (secondary N) is 1. The highest BCUT2D eigenvalue weighted by atomic mass is 15.3. The minimum absolute atomic E-state index is 0.896. The summed E-state index contributed by atoms with van der Waals surface area (Å²) in [6, 6.07) is 4.10. The van der Waals surface area contributed by atoms with Crippen molar-refractivity contribution in [3.05, 3.63) is 36.4 Å². The predicted molar refractivity (Wildman–Crippen MR) is 67.7 cm³/mol. The summed E-state index contributed by atoms with van der Waals surface area (Å²) in [4.78, 5) is 7.43. The van der Waals surface area contributed by atoms with Gasteiger partial charge < -0.3 is 4.98 Å². The molecule has 0 aliphatic rings. The van der Waals surface area contributed by atoms with Crippen molar-refractivity contribution in [2.24, 2.45) is 0 Å². The lowest BCUT2D eigenvalue weighted by molar-refractivity contribution is 0.640. The molecule has 17 heavy (non-hydrogen) atoms. The molecule has 0 spiro atoms. The molecule has 0 unspecified atom stereocenters. The number of aryl methyl sites for hydroxylation is 1. The second kappa shape index (κ2) is 3.73. The van der Waals surface area contributed by atoms with Gasteiger partial charge in [0.05, 0.1) is 6.20 Å². The summed E-state index contributed by atoms with van der Waals surface area (Å²) in [5.41, 5.74) is 4.49. The van der Waals surface area contributed by atoms with Crippen molar-refractivity contribution in [1.82, 2.24) is 19.7 Å². The maximum absolute atomic E-state index is 4.39. The fourth-order valence-electron chi connectivity index (χ4n) is 2.23. The molecule has 86 valence electrons. The zero-order chi connectivity index (χ0) is 11.8. The molecule has 0 amide bonds. The van der Waals surface area contributed by atoms with E-state index in [-0.39, 0.29) is 0 Å². The van der Waals surface area contributed by atoms with E-state index in [1.54, 1.807) is 0 Å². The molecule has 0 atom stereocenters. The van der Waals surface area contributed by atoms with Crippen LogP contribution in [-0.2, 0) is 6.54 Å². The first-order chi connectivity index (χ1) is 8.31. The lowest BCUT2D eigenvalue weighted by Gasteiger charge is -2.03. The summed E-state index contributed by atoms with van der Waals surface area (Å²) in [5, 5.41) is 5.53. The van der Waals surface area contributed by atoms with Crippen molar-refractivity contribution in [3.63, 3.8) is 0 Å². The van der Waals surface area contributed by atoms with Gasteiger partial charge in [0.15, 0.2) is 0 Å². The Hall–Kier alpha value is -2.10. The number of hydrogen-bond donors (Lipinski definition) is 1. The Morgan fingerprint density at radius 1 is 1.29 bits per heavy atom. The number of fused-ring (bicyclic) bond motifs is 1. The molecule has 3 aromatic rings. The van der Waals surface area contributed by atoms with E-state index in [1.807, 2.05) is 29.3 Å². The van der Waals surface area contributed by atoms with E-state index in [4.69, 9.17) is 0 Å². The van der Waals surface area contributed by atoms with Crippen LogP contribution in [0, 0.1) is 6.92 Å². The predicted octanol–water partition coefficient (Wildman–Crippen LogP) is 2.75. The van der Waals surface area contributed by atoms with Crippen LogP contribution in [0.4, 0.5) is 0 Å². The van der Waals surface area contributed by atoms with Gasteiger partial charge in [0.25, 0.3) is 0 Å². The molecule has 0 aliphatic carbocycles. The molecule has 1 N–H and O–H groups in total. The van der Waals surface area contributed by atoms with Gasteiger partial charge in [-0.05, 0) is 31.5 Å². The fraction of sp³-hybridized carbons (Fsp3) is 0.231. The Labute approximate surface area is 99.3 Å². The molecule has 0 fully saturated rings. The van der Waals surface area contributed by atoms with E-state index >= 15 is 0 Å². The summed E-state index contributed by atoms with van der Waals surface area (Å²) in [6.07, 6.45) is 5.68. The van der Waals surface area contributed by atoms with E-state index in [9.17, 15) is 0 Å². The monoisotopic (exact) mass is 226 g/mol. The van der Waals surface area contributed by atoms with Crippen LogP contribution in [0.5, 0.6) is 0 Å². The summed E-state index contributed by atoms with van der Waals surface area (Å²) in [5.74, 6) is 0. The highest BCUT2D eigenvalue weighted by molar-refractivity contribution is 5.93. The average Bonchev–Trinajstić information content (AvgIpc) is 2.94. The van der Waals surface area contributed by atoms with E-state index in [0.29, 0.717) is 0 Å². The molecule has 4 nitrogen and oxygen atoms in total. The van der Waals surface area contributed by atoms with Gasteiger partial charge in [-0.2, -0.15) is 5.10 Å². The van der Waals surface area contributed by atoms with Crippen LogP contribution in [0.1, 0.15) is 12.6 Å². The summed E-state index contributed by atoms with van der Waals surface area (Å²) in [6.45, 7) is 5.10. The Morgan fingerprint density at radius 2 is 2.18 bits per heavy atom. The zero-order valence-electron chi connectivity index (χ0n) is 9.94. The third-order valence-electron chi connectivity index (χ3n) is 3.15. The Bertz CT molecular complexity index is 663. The van der Waals surface area contributed by atoms with Crippen LogP contribution in [0.25, 0.3) is 22.2 Å². The molecule has 3 heterocycles. The minimum atomic E-state index is 0.896. The van der Waals surface area contributed by atoms with Crippen molar-refractivity contribution in [2.45, 2.75) is 20.4 Å². The van der Waals surface area contributed by atoms with E-state index in [0.717, 1.165) is 17.6 Å². The van der Waals surface area contributed by atoms with Crippen LogP contribution >= 0.6 is 0 Å². The van der Waals surface area contributed by atoms with Gasteiger partial charge >= 0.3 is 0 Å². The Morgan fingerprint density at radius 3 is 2.94 bits per heavy atom. The summed E-state index contributed by atoms with van der Waals surface area (Å²) >= 11 is 0. The van der Waals surface area contributed by atoms with E-state index < -0.39 is 0 Å². The van der Waals surface area contributed by atoms with Gasteiger partial charge in [-0.25, -0.2) is 4.98 Å². The molecule has 0 aromatic carbocycles. The number of aromatic amines is 1. The molecule has 0 saturated heterocycles. The number of pyridine rings is 1. The molecule has 3 rings (SSSR count). The molecule has 3 aromatic heterocycles. The maximum atomic E-state index is 4.39. The second-order valence-corrected chi connectivity index (χ2v) is 4.06. The number of rotatable bonds is 2. The molecule has 0 radical (unpaired) electrons. The number of aromatic nitrogens is 4. The first-order valence-electron chi connectivity index (χ1n) is 5.76. The van der Waals surface area contributed by atoms with E-state index in [1.165, 1.54) is 16.8 Å². The van der Waals surface area contributed by atoms with Crippen LogP contribution in [0.15, 0.2) is 30.7 Å². The van der Waals surface area contributed by atoms with Gasteiger partial charge in [0, 0.05) is 35.6 Å². The third-order valence-corrected chi connectivity index (χ3v) is 3.15. The normalized spacial score (nSPS) is 11.2. The van der Waals surface area contributed by atoms with Gasteiger partial charge in [-0.3, -0.25) is 4.68 Å². The molecule has 4 heteroatoms. The minimum Gasteiger partial charge on any atom is -0.346 e. The standard InChI is InChI=1S/C13H14N4/c1-3-17-9(2)12(8-16-17)10-4-6-14-13-11(10)5-7-15-13/h4-8H,3H2,1-2H3,(H,14,15).